The van der Waals surface area contributed by atoms with Crippen molar-refractivity contribution in [3.8, 4) is 0 Å². The summed E-state index contributed by atoms with van der Waals surface area (Å²) < 4.78 is 0. The largest absolute Gasteiger partial charge is 0.392 e. The molecule has 1 rings (SSSR count). The third kappa shape index (κ3) is 3.02. The van der Waals surface area contributed by atoms with Crippen molar-refractivity contribution in [2.24, 2.45) is 0 Å². The number of carbonyl (C=O) groups excluding carboxylic acids is 1. The normalized spacial score (nSPS) is 12.1. The minimum atomic E-state index is -0.555. The smallest absolute Gasteiger partial charge is 0.252 e. The van der Waals surface area contributed by atoms with E-state index in [1.165, 1.54) is 6.20 Å². The van der Waals surface area contributed by atoms with Crippen LogP contribution in [0.25, 0.3) is 0 Å². The SMILES string of the molecule is CC(O)CNC(=O)c1ccc(N)nc1. The van der Waals surface area contributed by atoms with Crippen LogP contribution in [0, 0.1) is 0 Å². The third-order valence-electron chi connectivity index (χ3n) is 1.61. The van der Waals surface area contributed by atoms with Gasteiger partial charge in [-0.05, 0) is 19.1 Å². The summed E-state index contributed by atoms with van der Waals surface area (Å²) in [6.07, 6.45) is 0.841. The van der Waals surface area contributed by atoms with Crippen LogP contribution in [0.15, 0.2) is 18.3 Å². The summed E-state index contributed by atoms with van der Waals surface area (Å²) in [6, 6.07) is 3.14. The molecule has 0 aliphatic carbocycles. The van der Waals surface area contributed by atoms with Crippen LogP contribution in [0.2, 0.25) is 0 Å². The number of pyridine rings is 1. The maximum Gasteiger partial charge on any atom is 0.252 e. The number of hydrogen-bond donors (Lipinski definition) is 3. The number of rotatable bonds is 3. The quantitative estimate of drug-likeness (QED) is 0.622. The van der Waals surface area contributed by atoms with E-state index in [0.717, 1.165) is 0 Å². The Morgan fingerprint density at radius 1 is 1.71 bits per heavy atom. The first-order valence-corrected chi connectivity index (χ1v) is 4.27. The summed E-state index contributed by atoms with van der Waals surface area (Å²) >= 11 is 0. The predicted octanol–water partition coefficient (Wildman–Crippen LogP) is -0.226. The zero-order valence-corrected chi connectivity index (χ0v) is 7.90. The van der Waals surface area contributed by atoms with Gasteiger partial charge in [0.05, 0.1) is 11.7 Å². The summed E-state index contributed by atoms with van der Waals surface area (Å²) in [5.74, 6) is 0.107. The number of nitrogen functional groups attached to an aromatic ring is 1. The molecule has 0 spiro atoms. The van der Waals surface area contributed by atoms with Gasteiger partial charge in [0, 0.05) is 12.7 Å². The van der Waals surface area contributed by atoms with Gasteiger partial charge < -0.3 is 16.2 Å². The van der Waals surface area contributed by atoms with Gasteiger partial charge in [-0.2, -0.15) is 0 Å². The number of nitrogens with zero attached hydrogens (tertiary/aromatic N) is 1. The molecule has 14 heavy (non-hydrogen) atoms. The van der Waals surface area contributed by atoms with Gasteiger partial charge in [0.1, 0.15) is 5.82 Å². The van der Waals surface area contributed by atoms with Crippen LogP contribution < -0.4 is 11.1 Å². The van der Waals surface area contributed by atoms with E-state index in [2.05, 4.69) is 10.3 Å². The number of aliphatic hydroxyl groups excluding tert-OH is 1. The zero-order chi connectivity index (χ0) is 10.6. The molecule has 0 saturated carbocycles. The molecule has 5 heteroatoms. The van der Waals surface area contributed by atoms with Crippen molar-refractivity contribution in [2.75, 3.05) is 12.3 Å². The predicted molar refractivity (Wildman–Crippen MR) is 52.7 cm³/mol. The first-order chi connectivity index (χ1) is 6.59. The molecule has 1 heterocycles. The molecule has 1 unspecified atom stereocenters. The molecule has 1 atom stereocenters. The average molecular weight is 195 g/mol. The fraction of sp³-hybridized carbons (Fsp3) is 0.333. The van der Waals surface area contributed by atoms with Crippen molar-refractivity contribution in [3.63, 3.8) is 0 Å². The van der Waals surface area contributed by atoms with Gasteiger partial charge in [0.25, 0.3) is 5.91 Å². The lowest BCUT2D eigenvalue weighted by atomic mass is 10.2. The van der Waals surface area contributed by atoms with Crippen LogP contribution in [0.5, 0.6) is 0 Å². The lowest BCUT2D eigenvalue weighted by molar-refractivity contribution is 0.0923. The zero-order valence-electron chi connectivity index (χ0n) is 7.90. The van der Waals surface area contributed by atoms with E-state index < -0.39 is 6.10 Å². The van der Waals surface area contributed by atoms with Crippen LogP contribution in [-0.2, 0) is 0 Å². The summed E-state index contributed by atoms with van der Waals surface area (Å²) in [5, 5.41) is 11.5. The Morgan fingerprint density at radius 2 is 2.43 bits per heavy atom. The first kappa shape index (κ1) is 10.5. The van der Waals surface area contributed by atoms with Crippen LogP contribution >= 0.6 is 0 Å². The highest BCUT2D eigenvalue weighted by atomic mass is 16.3. The monoisotopic (exact) mass is 195 g/mol. The Bertz CT molecular complexity index is 308. The Kier molecular flexibility index (Phi) is 3.41. The molecule has 76 valence electrons. The highest BCUT2D eigenvalue weighted by Crippen LogP contribution is 2.00. The van der Waals surface area contributed by atoms with Crippen LogP contribution in [-0.4, -0.2) is 28.6 Å². The summed E-state index contributed by atoms with van der Waals surface area (Å²) in [7, 11) is 0. The number of aromatic nitrogens is 1. The fourth-order valence-corrected chi connectivity index (χ4v) is 0.882. The molecule has 1 amide bonds. The van der Waals surface area contributed by atoms with Crippen LogP contribution in [0.4, 0.5) is 5.82 Å². The van der Waals surface area contributed by atoms with E-state index in [-0.39, 0.29) is 12.5 Å². The first-order valence-electron chi connectivity index (χ1n) is 4.27. The van der Waals surface area contributed by atoms with Gasteiger partial charge >= 0.3 is 0 Å². The molecule has 5 nitrogen and oxygen atoms in total. The van der Waals surface area contributed by atoms with E-state index in [9.17, 15) is 4.79 Å². The maximum atomic E-state index is 11.4. The molecule has 0 aliphatic heterocycles. The number of nitrogens with one attached hydrogen (secondary N) is 1. The van der Waals surface area contributed by atoms with Gasteiger partial charge in [0.2, 0.25) is 0 Å². The Hall–Kier alpha value is -1.62. The number of amides is 1. The minimum absolute atomic E-state index is 0.225. The van der Waals surface area contributed by atoms with E-state index in [1.54, 1.807) is 19.1 Å². The Balaban J connectivity index is 2.57. The van der Waals surface area contributed by atoms with Gasteiger partial charge in [-0.15, -0.1) is 0 Å². The molecule has 1 aromatic rings. The van der Waals surface area contributed by atoms with E-state index in [4.69, 9.17) is 10.8 Å². The minimum Gasteiger partial charge on any atom is -0.392 e. The number of nitrogens with two attached hydrogens (primary N) is 1. The molecule has 4 N–H and O–H groups in total. The molecule has 0 fully saturated rings. The number of anilines is 1. The Labute approximate surface area is 82.0 Å². The van der Waals surface area contributed by atoms with Crippen molar-refractivity contribution < 1.29 is 9.90 Å². The van der Waals surface area contributed by atoms with Crippen molar-refractivity contribution in [1.29, 1.82) is 0 Å². The summed E-state index contributed by atoms with van der Waals surface area (Å²) in [6.45, 7) is 1.82. The molecule has 0 radical (unpaired) electrons. The molecule has 1 aromatic heterocycles. The molecule has 0 saturated heterocycles. The second-order valence-electron chi connectivity index (χ2n) is 3.03. The van der Waals surface area contributed by atoms with Gasteiger partial charge in [-0.3, -0.25) is 4.79 Å². The molecular formula is C9H13N3O2. The van der Waals surface area contributed by atoms with Crippen LogP contribution in [0.1, 0.15) is 17.3 Å². The molecule has 0 bridgehead atoms. The molecular weight excluding hydrogens is 182 g/mol. The van der Waals surface area contributed by atoms with E-state index >= 15 is 0 Å². The van der Waals surface area contributed by atoms with Gasteiger partial charge in [0.15, 0.2) is 0 Å². The molecule has 0 aromatic carbocycles. The Morgan fingerprint density at radius 3 is 2.93 bits per heavy atom. The van der Waals surface area contributed by atoms with Crippen molar-refractivity contribution >= 4 is 11.7 Å². The van der Waals surface area contributed by atoms with Gasteiger partial charge in [-0.1, -0.05) is 0 Å². The van der Waals surface area contributed by atoms with Crippen LogP contribution in [0.3, 0.4) is 0 Å². The third-order valence-corrected chi connectivity index (χ3v) is 1.61. The summed E-state index contributed by atoms with van der Waals surface area (Å²) in [5.41, 5.74) is 5.80. The maximum absolute atomic E-state index is 11.4. The second-order valence-corrected chi connectivity index (χ2v) is 3.03. The highest BCUT2D eigenvalue weighted by molar-refractivity contribution is 5.93. The van der Waals surface area contributed by atoms with E-state index in [0.29, 0.717) is 11.4 Å². The average Bonchev–Trinajstić information content (AvgIpc) is 2.15. The fourth-order valence-electron chi connectivity index (χ4n) is 0.882. The van der Waals surface area contributed by atoms with Crippen molar-refractivity contribution in [2.45, 2.75) is 13.0 Å². The number of hydrogen-bond acceptors (Lipinski definition) is 4. The summed E-state index contributed by atoms with van der Waals surface area (Å²) in [4.78, 5) is 15.1. The van der Waals surface area contributed by atoms with Crippen molar-refractivity contribution in [1.82, 2.24) is 10.3 Å². The van der Waals surface area contributed by atoms with Gasteiger partial charge in [-0.25, -0.2) is 4.98 Å². The highest BCUT2D eigenvalue weighted by Gasteiger charge is 2.05. The number of carbonyl (C=O) groups is 1. The van der Waals surface area contributed by atoms with E-state index in [1.807, 2.05) is 0 Å². The lowest BCUT2D eigenvalue weighted by Gasteiger charge is -2.06. The molecule has 0 aliphatic rings. The van der Waals surface area contributed by atoms with Crippen molar-refractivity contribution in [3.05, 3.63) is 23.9 Å². The standard InChI is InChI=1S/C9H13N3O2/c1-6(13)4-12-9(14)7-2-3-8(10)11-5-7/h2-3,5-6,13H,4H2,1H3,(H2,10,11)(H,12,14). The number of aliphatic hydroxyl groups is 1. The second kappa shape index (κ2) is 4.57. The topological polar surface area (TPSA) is 88.2 Å². The lowest BCUT2D eigenvalue weighted by Crippen LogP contribution is -2.30.